The molecule has 1 aromatic rings. The molecule has 0 aromatic heterocycles. The van der Waals surface area contributed by atoms with Crippen molar-refractivity contribution in [3.8, 4) is 5.75 Å². The molecule has 6 heteroatoms. The van der Waals surface area contributed by atoms with Crippen LogP contribution in [0.4, 0.5) is 0 Å². The van der Waals surface area contributed by atoms with E-state index in [-0.39, 0.29) is 24.0 Å². The van der Waals surface area contributed by atoms with Crippen molar-refractivity contribution in [3.05, 3.63) is 41.6 Å². The van der Waals surface area contributed by atoms with Crippen LogP contribution in [-0.4, -0.2) is 42.1 Å². The van der Waals surface area contributed by atoms with E-state index in [0.717, 1.165) is 36.3 Å². The summed E-state index contributed by atoms with van der Waals surface area (Å²) in [6, 6.07) is 5.17. The highest BCUT2D eigenvalue weighted by atomic mass is 16.5. The lowest BCUT2D eigenvalue weighted by molar-refractivity contribution is -0.126. The maximum atomic E-state index is 12.8. The Kier molecular flexibility index (Phi) is 4.91. The SMILES string of the molecule is C=C1CCC(N2Cc3cc(O[C@@H]4CCCC[C@@H]4OC)ccc3C2=O)C(=O)N1. The molecule has 1 unspecified atom stereocenters. The van der Waals surface area contributed by atoms with Gasteiger partial charge in [-0.25, -0.2) is 0 Å². The molecule has 0 spiro atoms. The summed E-state index contributed by atoms with van der Waals surface area (Å²) >= 11 is 0. The van der Waals surface area contributed by atoms with E-state index in [4.69, 9.17) is 9.47 Å². The van der Waals surface area contributed by atoms with Crippen LogP contribution in [0, 0.1) is 0 Å². The molecule has 1 saturated heterocycles. The summed E-state index contributed by atoms with van der Waals surface area (Å²) in [5, 5.41) is 2.76. The molecule has 144 valence electrons. The standard InChI is InChI=1S/C21H26N2O4/c1-13-7-10-17(20(24)22-13)23-12-14-11-15(8-9-16(14)21(23)25)27-19-6-4-3-5-18(19)26-2/h8-9,11,17-19H,1,3-7,10,12H2,2H3,(H,22,24)/t17?,18-,19+/m0/s1. The van der Waals surface area contributed by atoms with Crippen molar-refractivity contribution in [2.45, 2.75) is 63.3 Å². The van der Waals surface area contributed by atoms with Gasteiger partial charge in [0.15, 0.2) is 0 Å². The first-order chi connectivity index (χ1) is 13.1. The number of benzene rings is 1. The topological polar surface area (TPSA) is 67.9 Å². The molecule has 6 nitrogen and oxygen atoms in total. The maximum Gasteiger partial charge on any atom is 0.255 e. The minimum Gasteiger partial charge on any atom is -0.488 e. The minimum absolute atomic E-state index is 0.0464. The fourth-order valence-electron chi connectivity index (χ4n) is 4.35. The summed E-state index contributed by atoms with van der Waals surface area (Å²) in [7, 11) is 1.73. The van der Waals surface area contributed by atoms with Crippen molar-refractivity contribution in [1.82, 2.24) is 10.2 Å². The van der Waals surface area contributed by atoms with Crippen LogP contribution >= 0.6 is 0 Å². The summed E-state index contributed by atoms with van der Waals surface area (Å²) < 4.78 is 11.8. The Labute approximate surface area is 159 Å². The van der Waals surface area contributed by atoms with Gasteiger partial charge in [-0.3, -0.25) is 9.59 Å². The third-order valence-corrected chi connectivity index (χ3v) is 5.84. The lowest BCUT2D eigenvalue weighted by Gasteiger charge is -2.31. The van der Waals surface area contributed by atoms with Gasteiger partial charge in [-0.2, -0.15) is 0 Å². The first-order valence-corrected chi connectivity index (χ1v) is 9.69. The van der Waals surface area contributed by atoms with Gasteiger partial charge in [0.1, 0.15) is 17.9 Å². The molecule has 2 aliphatic heterocycles. The molecule has 2 heterocycles. The Morgan fingerprint density at radius 1 is 1.15 bits per heavy atom. The molecule has 3 atom stereocenters. The number of hydrogen-bond donors (Lipinski definition) is 1. The van der Waals surface area contributed by atoms with E-state index in [9.17, 15) is 9.59 Å². The molecule has 4 rings (SSSR count). The third-order valence-electron chi connectivity index (χ3n) is 5.84. The van der Waals surface area contributed by atoms with Crippen LogP contribution in [0.2, 0.25) is 0 Å². The van der Waals surface area contributed by atoms with Gasteiger partial charge >= 0.3 is 0 Å². The van der Waals surface area contributed by atoms with Gasteiger partial charge in [0.05, 0.1) is 6.10 Å². The predicted molar refractivity (Wildman–Crippen MR) is 100 cm³/mol. The van der Waals surface area contributed by atoms with Crippen LogP contribution in [-0.2, 0) is 16.1 Å². The quantitative estimate of drug-likeness (QED) is 0.885. The third kappa shape index (κ3) is 3.46. The molecule has 3 aliphatic rings. The van der Waals surface area contributed by atoms with Gasteiger partial charge in [0, 0.05) is 24.9 Å². The molecule has 2 amide bonds. The number of fused-ring (bicyclic) bond motifs is 1. The number of methoxy groups -OCH3 is 1. The Balaban J connectivity index is 1.49. The van der Waals surface area contributed by atoms with Gasteiger partial charge < -0.3 is 19.7 Å². The lowest BCUT2D eigenvalue weighted by atomic mass is 9.94. The molecule has 27 heavy (non-hydrogen) atoms. The van der Waals surface area contributed by atoms with Crippen molar-refractivity contribution < 1.29 is 19.1 Å². The minimum atomic E-state index is -0.434. The molecule has 0 bridgehead atoms. The number of carbonyl (C=O) groups is 2. The Morgan fingerprint density at radius 2 is 1.93 bits per heavy atom. The number of carbonyl (C=O) groups excluding carboxylic acids is 2. The zero-order valence-corrected chi connectivity index (χ0v) is 15.7. The molecular weight excluding hydrogens is 344 g/mol. The van der Waals surface area contributed by atoms with Crippen LogP contribution in [0.1, 0.15) is 54.4 Å². The van der Waals surface area contributed by atoms with Crippen LogP contribution < -0.4 is 10.1 Å². The van der Waals surface area contributed by atoms with E-state index in [1.54, 1.807) is 12.0 Å². The van der Waals surface area contributed by atoms with Crippen molar-refractivity contribution in [2.24, 2.45) is 0 Å². The van der Waals surface area contributed by atoms with E-state index < -0.39 is 6.04 Å². The van der Waals surface area contributed by atoms with Crippen LogP contribution in [0.25, 0.3) is 0 Å². The Hall–Kier alpha value is -2.34. The van der Waals surface area contributed by atoms with Gasteiger partial charge in [0.25, 0.3) is 5.91 Å². The highest BCUT2D eigenvalue weighted by Gasteiger charge is 2.38. The Bertz CT molecular complexity index is 775. The normalized spacial score (nSPS) is 28.1. The van der Waals surface area contributed by atoms with Gasteiger partial charge in [-0.1, -0.05) is 13.0 Å². The van der Waals surface area contributed by atoms with E-state index >= 15 is 0 Å². The highest BCUT2D eigenvalue weighted by molar-refractivity contribution is 6.01. The van der Waals surface area contributed by atoms with E-state index in [1.807, 2.05) is 18.2 Å². The smallest absolute Gasteiger partial charge is 0.255 e. The van der Waals surface area contributed by atoms with Crippen molar-refractivity contribution >= 4 is 11.8 Å². The molecule has 0 radical (unpaired) electrons. The molecule has 1 aliphatic carbocycles. The van der Waals surface area contributed by atoms with Crippen molar-refractivity contribution in [2.75, 3.05) is 7.11 Å². The van der Waals surface area contributed by atoms with Gasteiger partial charge in [-0.15, -0.1) is 0 Å². The first-order valence-electron chi connectivity index (χ1n) is 9.69. The number of nitrogens with one attached hydrogen (secondary N) is 1. The van der Waals surface area contributed by atoms with Crippen LogP contribution in [0.15, 0.2) is 30.5 Å². The first kappa shape index (κ1) is 18.0. The van der Waals surface area contributed by atoms with E-state index in [0.29, 0.717) is 24.9 Å². The van der Waals surface area contributed by atoms with Crippen LogP contribution in [0.5, 0.6) is 5.75 Å². The summed E-state index contributed by atoms with van der Waals surface area (Å²) in [4.78, 5) is 26.7. The zero-order chi connectivity index (χ0) is 19.0. The van der Waals surface area contributed by atoms with Crippen molar-refractivity contribution in [3.63, 3.8) is 0 Å². The lowest BCUT2D eigenvalue weighted by Crippen LogP contribution is -2.49. The fraction of sp³-hybridized carbons (Fsp3) is 0.524. The molecular formula is C21H26N2O4. The highest BCUT2D eigenvalue weighted by Crippen LogP contribution is 2.32. The average molecular weight is 370 g/mol. The van der Waals surface area contributed by atoms with Crippen molar-refractivity contribution in [1.29, 1.82) is 0 Å². The fourth-order valence-corrected chi connectivity index (χ4v) is 4.35. The number of amides is 2. The van der Waals surface area contributed by atoms with Gasteiger partial charge in [0.2, 0.25) is 5.91 Å². The number of rotatable bonds is 4. The largest absolute Gasteiger partial charge is 0.488 e. The van der Waals surface area contributed by atoms with Crippen LogP contribution in [0.3, 0.4) is 0 Å². The maximum absolute atomic E-state index is 12.8. The number of allylic oxidation sites excluding steroid dienone is 1. The molecule has 1 N–H and O–H groups in total. The van der Waals surface area contributed by atoms with Gasteiger partial charge in [-0.05, 0) is 55.9 Å². The molecule has 2 fully saturated rings. The zero-order valence-electron chi connectivity index (χ0n) is 15.7. The number of nitrogens with zero attached hydrogens (tertiary/aromatic N) is 1. The summed E-state index contributed by atoms with van der Waals surface area (Å²) in [6.45, 7) is 4.24. The van der Waals surface area contributed by atoms with E-state index in [1.165, 1.54) is 6.42 Å². The molecule has 1 aromatic carbocycles. The second-order valence-electron chi connectivity index (χ2n) is 7.61. The number of ether oxygens (including phenoxy) is 2. The predicted octanol–water partition coefficient (Wildman–Crippen LogP) is 2.77. The summed E-state index contributed by atoms with van der Waals surface area (Å²) in [5.41, 5.74) is 2.29. The van der Waals surface area contributed by atoms with E-state index in [2.05, 4.69) is 11.9 Å². The Morgan fingerprint density at radius 3 is 2.67 bits per heavy atom. The molecule has 1 saturated carbocycles. The second-order valence-corrected chi connectivity index (χ2v) is 7.61. The number of hydrogen-bond acceptors (Lipinski definition) is 4. The monoisotopic (exact) mass is 370 g/mol. The summed E-state index contributed by atoms with van der Waals surface area (Å²) in [6.07, 6.45) is 5.78. The number of piperidine rings is 1. The second kappa shape index (κ2) is 7.35. The summed E-state index contributed by atoms with van der Waals surface area (Å²) in [5.74, 6) is 0.532. The average Bonchev–Trinajstić information content (AvgIpc) is 2.98.